The fraction of sp³-hybridized carbons (Fsp3) is 0.647. The first-order valence-electron chi connectivity index (χ1n) is 7.74. The molecule has 1 aromatic rings. The minimum atomic E-state index is 0.187. The van der Waals surface area contributed by atoms with Crippen LogP contribution in [0.4, 0.5) is 0 Å². The number of ether oxygens (including phenoxy) is 1. The summed E-state index contributed by atoms with van der Waals surface area (Å²) in [5.41, 5.74) is 2.42. The topological polar surface area (TPSA) is 24.5 Å². The Morgan fingerprint density at radius 2 is 1.75 bits per heavy atom. The first kappa shape index (κ1) is 17.0. The molecule has 1 rings (SSSR count). The summed E-state index contributed by atoms with van der Waals surface area (Å²) in [6.45, 7) is 16.0. The van der Waals surface area contributed by atoms with E-state index < -0.39 is 0 Å². The summed E-state index contributed by atoms with van der Waals surface area (Å²) in [7, 11) is 0. The molecule has 0 amide bonds. The second-order valence-corrected chi connectivity index (χ2v) is 5.38. The van der Waals surface area contributed by atoms with Crippen LogP contribution in [0, 0.1) is 13.8 Å². The fourth-order valence-electron chi connectivity index (χ4n) is 2.31. The Kier molecular flexibility index (Phi) is 7.63. The van der Waals surface area contributed by atoms with Crippen molar-refractivity contribution in [1.82, 2.24) is 10.2 Å². The van der Waals surface area contributed by atoms with Crippen molar-refractivity contribution in [2.24, 2.45) is 0 Å². The summed E-state index contributed by atoms with van der Waals surface area (Å²) in [6, 6.07) is 6.27. The maximum Gasteiger partial charge on any atom is 0.125 e. The van der Waals surface area contributed by atoms with Crippen molar-refractivity contribution in [1.29, 1.82) is 0 Å². The number of rotatable bonds is 9. The highest BCUT2D eigenvalue weighted by Crippen LogP contribution is 2.23. The summed E-state index contributed by atoms with van der Waals surface area (Å²) in [4.78, 5) is 2.42. The van der Waals surface area contributed by atoms with E-state index >= 15 is 0 Å². The Bertz CT molecular complexity index is 368. The predicted octanol–water partition coefficient (Wildman–Crippen LogP) is 3.00. The molecule has 0 aliphatic rings. The Morgan fingerprint density at radius 1 is 1.15 bits per heavy atom. The molecule has 1 atom stereocenters. The van der Waals surface area contributed by atoms with E-state index in [9.17, 15) is 0 Å². The van der Waals surface area contributed by atoms with Gasteiger partial charge in [0.2, 0.25) is 0 Å². The van der Waals surface area contributed by atoms with E-state index in [0.717, 1.165) is 38.5 Å². The van der Waals surface area contributed by atoms with Gasteiger partial charge in [-0.2, -0.15) is 0 Å². The zero-order valence-corrected chi connectivity index (χ0v) is 13.7. The Morgan fingerprint density at radius 3 is 2.30 bits per heavy atom. The summed E-state index contributed by atoms with van der Waals surface area (Å²) in [6.07, 6.45) is 0.187. The average Bonchev–Trinajstić information content (AvgIpc) is 2.43. The van der Waals surface area contributed by atoms with Gasteiger partial charge in [-0.15, -0.1) is 0 Å². The molecule has 0 aliphatic carbocycles. The number of benzene rings is 1. The van der Waals surface area contributed by atoms with Gasteiger partial charge in [-0.3, -0.25) is 0 Å². The van der Waals surface area contributed by atoms with Crippen LogP contribution in [-0.2, 0) is 0 Å². The van der Waals surface area contributed by atoms with Gasteiger partial charge in [0.15, 0.2) is 0 Å². The van der Waals surface area contributed by atoms with Crippen LogP contribution in [0.1, 0.15) is 31.9 Å². The Hall–Kier alpha value is -1.06. The molecule has 0 fully saturated rings. The van der Waals surface area contributed by atoms with Crippen LogP contribution < -0.4 is 10.1 Å². The molecule has 0 aromatic heterocycles. The number of para-hydroxylation sites is 1. The van der Waals surface area contributed by atoms with E-state index in [2.05, 4.69) is 63.0 Å². The van der Waals surface area contributed by atoms with Gasteiger partial charge in [0, 0.05) is 19.6 Å². The fourth-order valence-corrected chi connectivity index (χ4v) is 2.31. The van der Waals surface area contributed by atoms with Crippen molar-refractivity contribution < 1.29 is 4.74 Å². The van der Waals surface area contributed by atoms with Gasteiger partial charge in [-0.1, -0.05) is 32.0 Å². The largest absolute Gasteiger partial charge is 0.489 e. The lowest BCUT2D eigenvalue weighted by Crippen LogP contribution is -2.36. The van der Waals surface area contributed by atoms with Crippen LogP contribution in [-0.4, -0.2) is 43.7 Å². The molecule has 114 valence electrons. The molecule has 3 nitrogen and oxygen atoms in total. The number of aryl methyl sites for hydroxylation is 2. The molecule has 1 N–H and O–H groups in total. The van der Waals surface area contributed by atoms with Crippen LogP contribution >= 0.6 is 0 Å². The zero-order chi connectivity index (χ0) is 15.0. The van der Waals surface area contributed by atoms with E-state index in [4.69, 9.17) is 4.74 Å². The highest BCUT2D eigenvalue weighted by molar-refractivity contribution is 5.39. The van der Waals surface area contributed by atoms with Crippen LogP contribution in [0.15, 0.2) is 18.2 Å². The minimum absolute atomic E-state index is 0.187. The quantitative estimate of drug-likeness (QED) is 0.703. The van der Waals surface area contributed by atoms with Crippen molar-refractivity contribution in [3.05, 3.63) is 29.3 Å². The smallest absolute Gasteiger partial charge is 0.125 e. The molecule has 0 spiro atoms. The predicted molar refractivity (Wildman–Crippen MR) is 86.7 cm³/mol. The summed E-state index contributed by atoms with van der Waals surface area (Å²) < 4.78 is 6.06. The SMILES string of the molecule is CCN(CC)CCNCC(C)Oc1c(C)cccc1C. The Labute approximate surface area is 124 Å². The van der Waals surface area contributed by atoms with E-state index in [-0.39, 0.29) is 6.10 Å². The van der Waals surface area contributed by atoms with Crippen LogP contribution in [0.3, 0.4) is 0 Å². The molecule has 0 heterocycles. The first-order chi connectivity index (χ1) is 9.58. The minimum Gasteiger partial charge on any atom is -0.489 e. The molecule has 0 aliphatic heterocycles. The molecule has 20 heavy (non-hydrogen) atoms. The lowest BCUT2D eigenvalue weighted by atomic mass is 10.1. The van der Waals surface area contributed by atoms with Gasteiger partial charge in [0.25, 0.3) is 0 Å². The molecule has 0 radical (unpaired) electrons. The monoisotopic (exact) mass is 278 g/mol. The normalized spacial score (nSPS) is 12.7. The van der Waals surface area contributed by atoms with Crippen molar-refractivity contribution in [2.45, 2.75) is 40.7 Å². The van der Waals surface area contributed by atoms with Gasteiger partial charge >= 0.3 is 0 Å². The Balaban J connectivity index is 2.32. The lowest BCUT2D eigenvalue weighted by Gasteiger charge is -2.21. The third-order valence-corrected chi connectivity index (χ3v) is 3.66. The number of hydrogen-bond acceptors (Lipinski definition) is 3. The van der Waals surface area contributed by atoms with E-state index in [1.165, 1.54) is 11.1 Å². The number of hydrogen-bond donors (Lipinski definition) is 1. The van der Waals surface area contributed by atoms with Gasteiger partial charge < -0.3 is 15.0 Å². The van der Waals surface area contributed by atoms with Crippen LogP contribution in [0.5, 0.6) is 5.75 Å². The second kappa shape index (κ2) is 8.98. The highest BCUT2D eigenvalue weighted by atomic mass is 16.5. The van der Waals surface area contributed by atoms with Gasteiger partial charge in [0.1, 0.15) is 11.9 Å². The third kappa shape index (κ3) is 5.51. The standard InChI is InChI=1S/C17H30N2O/c1-6-19(7-2)12-11-18-13-16(5)20-17-14(3)9-8-10-15(17)4/h8-10,16,18H,6-7,11-13H2,1-5H3. The molecular weight excluding hydrogens is 248 g/mol. The molecular formula is C17H30N2O. The van der Waals surface area contributed by atoms with Crippen LogP contribution in [0.2, 0.25) is 0 Å². The summed E-state index contributed by atoms with van der Waals surface area (Å²) in [5.74, 6) is 1.03. The van der Waals surface area contributed by atoms with Gasteiger partial charge in [-0.05, 0) is 45.0 Å². The molecule has 0 saturated heterocycles. The molecule has 3 heteroatoms. The maximum atomic E-state index is 6.06. The molecule has 1 aromatic carbocycles. The third-order valence-electron chi connectivity index (χ3n) is 3.66. The van der Waals surface area contributed by atoms with Crippen molar-refractivity contribution in [3.8, 4) is 5.75 Å². The second-order valence-electron chi connectivity index (χ2n) is 5.38. The van der Waals surface area contributed by atoms with E-state index in [1.807, 2.05) is 0 Å². The van der Waals surface area contributed by atoms with Crippen LogP contribution in [0.25, 0.3) is 0 Å². The zero-order valence-electron chi connectivity index (χ0n) is 13.7. The van der Waals surface area contributed by atoms with Gasteiger partial charge in [-0.25, -0.2) is 0 Å². The molecule has 0 bridgehead atoms. The molecule has 1 unspecified atom stereocenters. The maximum absolute atomic E-state index is 6.06. The number of nitrogens with one attached hydrogen (secondary N) is 1. The number of likely N-dealkylation sites (N-methyl/N-ethyl adjacent to an activating group) is 1. The van der Waals surface area contributed by atoms with Gasteiger partial charge in [0.05, 0.1) is 0 Å². The summed E-state index contributed by atoms with van der Waals surface area (Å²) >= 11 is 0. The summed E-state index contributed by atoms with van der Waals surface area (Å²) in [5, 5.41) is 3.48. The number of nitrogens with zero attached hydrogens (tertiary/aromatic N) is 1. The first-order valence-corrected chi connectivity index (χ1v) is 7.74. The van der Waals surface area contributed by atoms with Crippen molar-refractivity contribution in [3.63, 3.8) is 0 Å². The van der Waals surface area contributed by atoms with Crippen molar-refractivity contribution >= 4 is 0 Å². The lowest BCUT2D eigenvalue weighted by molar-refractivity contribution is 0.210. The van der Waals surface area contributed by atoms with E-state index in [1.54, 1.807) is 0 Å². The molecule has 0 saturated carbocycles. The van der Waals surface area contributed by atoms with Crippen molar-refractivity contribution in [2.75, 3.05) is 32.7 Å². The highest BCUT2D eigenvalue weighted by Gasteiger charge is 2.08. The van der Waals surface area contributed by atoms with E-state index in [0.29, 0.717) is 0 Å². The average molecular weight is 278 g/mol.